The van der Waals surface area contributed by atoms with Gasteiger partial charge in [-0.2, -0.15) is 0 Å². The van der Waals surface area contributed by atoms with E-state index in [1.54, 1.807) is 13.8 Å². The van der Waals surface area contributed by atoms with Crippen LogP contribution in [0.4, 0.5) is 5.69 Å². The highest BCUT2D eigenvalue weighted by Gasteiger charge is 2.24. The van der Waals surface area contributed by atoms with Gasteiger partial charge in [0.05, 0.1) is 15.9 Å². The average Bonchev–Trinajstić information content (AvgIpc) is 2.61. The van der Waals surface area contributed by atoms with Gasteiger partial charge in [0, 0.05) is 11.3 Å². The van der Waals surface area contributed by atoms with Gasteiger partial charge in [-0.1, -0.05) is 6.92 Å². The topological polar surface area (TPSA) is 80.4 Å². The summed E-state index contributed by atoms with van der Waals surface area (Å²) in [7, 11) is 0. The Balaban J connectivity index is 3.04. The highest BCUT2D eigenvalue weighted by atomic mass is 32.2. The zero-order valence-electron chi connectivity index (χ0n) is 9.67. The first-order valence-corrected chi connectivity index (χ1v) is 6.66. The molecule has 2 unspecified atom stereocenters. The monoisotopic (exact) mass is 275 g/mol. The molecule has 0 aliphatic rings. The molecule has 1 aromatic heterocycles. The first kappa shape index (κ1) is 14.1. The van der Waals surface area contributed by atoms with Crippen molar-refractivity contribution in [1.82, 2.24) is 0 Å². The quantitative estimate of drug-likeness (QED) is 0.387. The molecule has 1 rings (SSSR count). The van der Waals surface area contributed by atoms with E-state index >= 15 is 0 Å². The fourth-order valence-corrected chi connectivity index (χ4v) is 3.48. The minimum absolute atomic E-state index is 0.0577. The smallest absolute Gasteiger partial charge is 0.294 e. The van der Waals surface area contributed by atoms with Crippen LogP contribution in [0.25, 0.3) is 0 Å². The molecule has 0 spiro atoms. The maximum Gasteiger partial charge on any atom is 0.294 e. The zero-order chi connectivity index (χ0) is 13.2. The minimum Gasteiger partial charge on any atom is -0.392 e. The van der Waals surface area contributed by atoms with Crippen molar-refractivity contribution >= 4 is 34.6 Å². The van der Waals surface area contributed by atoms with E-state index in [0.717, 1.165) is 11.3 Å². The van der Waals surface area contributed by atoms with Crippen molar-refractivity contribution in [1.29, 1.82) is 0 Å². The summed E-state index contributed by atoms with van der Waals surface area (Å²) in [6, 6.07) is 1.30. The van der Waals surface area contributed by atoms with Crippen molar-refractivity contribution in [2.24, 2.45) is 0 Å². The molecule has 0 aliphatic carbocycles. The number of aliphatic hydroxyl groups is 1. The summed E-state index contributed by atoms with van der Waals surface area (Å²) >= 11 is 2.32. The number of hydrogen-bond donors (Lipinski definition) is 1. The molecule has 94 valence electrons. The highest BCUT2D eigenvalue weighted by Crippen LogP contribution is 2.40. The molecule has 1 heterocycles. The Hall–Kier alpha value is -0.920. The van der Waals surface area contributed by atoms with Gasteiger partial charge in [0.2, 0.25) is 0 Å². The van der Waals surface area contributed by atoms with Crippen LogP contribution in [0.5, 0.6) is 0 Å². The van der Waals surface area contributed by atoms with Crippen molar-refractivity contribution in [2.75, 3.05) is 0 Å². The molecule has 0 saturated heterocycles. The lowest BCUT2D eigenvalue weighted by atomic mass is 10.3. The second kappa shape index (κ2) is 5.61. The highest BCUT2D eigenvalue weighted by molar-refractivity contribution is 8.01. The van der Waals surface area contributed by atoms with Gasteiger partial charge in [0.1, 0.15) is 4.21 Å². The maximum absolute atomic E-state index is 11.2. The van der Waals surface area contributed by atoms with E-state index in [2.05, 4.69) is 0 Å². The summed E-state index contributed by atoms with van der Waals surface area (Å²) in [6.45, 7) is 4.79. The molecule has 17 heavy (non-hydrogen) atoms. The van der Waals surface area contributed by atoms with Crippen molar-refractivity contribution in [3.05, 3.63) is 21.1 Å². The Morgan fingerprint density at radius 1 is 1.59 bits per heavy atom. The molecule has 0 aliphatic heterocycles. The summed E-state index contributed by atoms with van der Waals surface area (Å²) in [5.74, 6) is -0.186. The normalized spacial score (nSPS) is 14.4. The third-order valence-corrected chi connectivity index (χ3v) is 4.94. The number of thioether (sulfide) groups is 1. The van der Waals surface area contributed by atoms with Crippen LogP contribution < -0.4 is 0 Å². The first-order valence-electron chi connectivity index (χ1n) is 4.96. The van der Waals surface area contributed by atoms with Crippen LogP contribution in [0.15, 0.2) is 10.3 Å². The number of nitrogens with zero attached hydrogens (tertiary/aromatic N) is 1. The lowest BCUT2D eigenvalue weighted by molar-refractivity contribution is -0.387. The fraction of sp³-hybridized carbons (Fsp3) is 0.500. The molecule has 1 aromatic rings. The second-order valence-electron chi connectivity index (χ2n) is 3.66. The molecule has 0 aromatic carbocycles. The molecule has 0 saturated carbocycles. The van der Waals surface area contributed by atoms with Crippen molar-refractivity contribution in [3.63, 3.8) is 0 Å². The average molecular weight is 275 g/mol. The standard InChI is InChI=1S/C10H13NO4S2/c1-5(12)7(3)16-10-8(11(14)15)4-9(17-10)6(2)13/h4-5,7,12H,1-3H3. The SMILES string of the molecule is CC(=O)c1cc([N+](=O)[O-])c(SC(C)C(C)O)s1. The summed E-state index contributed by atoms with van der Waals surface area (Å²) in [6.07, 6.45) is -0.567. The Bertz CT molecular complexity index is 442. The van der Waals surface area contributed by atoms with Gasteiger partial charge in [0.25, 0.3) is 5.69 Å². The minimum atomic E-state index is -0.567. The van der Waals surface area contributed by atoms with E-state index < -0.39 is 11.0 Å². The summed E-state index contributed by atoms with van der Waals surface area (Å²) < 4.78 is 0.466. The van der Waals surface area contributed by atoms with E-state index in [1.807, 2.05) is 0 Å². The molecule has 0 amide bonds. The first-order chi connectivity index (χ1) is 7.82. The second-order valence-corrected chi connectivity index (χ2v) is 6.36. The van der Waals surface area contributed by atoms with Crippen molar-refractivity contribution in [2.45, 2.75) is 36.3 Å². The van der Waals surface area contributed by atoms with E-state index in [0.29, 0.717) is 9.09 Å². The number of hydrogen-bond acceptors (Lipinski definition) is 6. The third kappa shape index (κ3) is 3.52. The Morgan fingerprint density at radius 3 is 2.59 bits per heavy atom. The van der Waals surface area contributed by atoms with Crippen molar-refractivity contribution in [3.8, 4) is 0 Å². The number of thiophene rings is 1. The van der Waals surface area contributed by atoms with E-state index in [-0.39, 0.29) is 16.7 Å². The lowest BCUT2D eigenvalue weighted by Gasteiger charge is -2.11. The van der Waals surface area contributed by atoms with E-state index in [9.17, 15) is 20.0 Å². The van der Waals surface area contributed by atoms with Gasteiger partial charge in [-0.15, -0.1) is 23.1 Å². The number of rotatable bonds is 5. The predicted octanol–water partition coefficient (Wildman–Crippen LogP) is 2.72. The summed E-state index contributed by atoms with van der Waals surface area (Å²) in [4.78, 5) is 21.9. The number of Topliss-reactive ketones (excluding diaryl/α,β-unsaturated/α-hetero) is 1. The van der Waals surface area contributed by atoms with Crippen LogP contribution in [0.2, 0.25) is 0 Å². The molecule has 1 N–H and O–H groups in total. The molecular weight excluding hydrogens is 262 g/mol. The predicted molar refractivity (Wildman–Crippen MR) is 68.0 cm³/mol. The van der Waals surface area contributed by atoms with Crippen molar-refractivity contribution < 1.29 is 14.8 Å². The number of aliphatic hydroxyl groups excluding tert-OH is 1. The Morgan fingerprint density at radius 2 is 2.18 bits per heavy atom. The van der Waals surface area contributed by atoms with Crippen LogP contribution in [-0.2, 0) is 0 Å². The van der Waals surface area contributed by atoms with Crippen LogP contribution >= 0.6 is 23.1 Å². The van der Waals surface area contributed by atoms with Gasteiger partial charge in [-0.05, 0) is 13.8 Å². The number of nitro groups is 1. The van der Waals surface area contributed by atoms with E-state index in [4.69, 9.17) is 0 Å². The van der Waals surface area contributed by atoms with Crippen LogP contribution in [0.1, 0.15) is 30.4 Å². The fourth-order valence-electron chi connectivity index (χ4n) is 1.02. The molecule has 0 radical (unpaired) electrons. The zero-order valence-corrected chi connectivity index (χ0v) is 11.3. The molecule has 7 heteroatoms. The Kier molecular flexibility index (Phi) is 4.67. The van der Waals surface area contributed by atoms with Crippen LogP contribution in [0, 0.1) is 10.1 Å². The molecule has 0 bridgehead atoms. The summed E-state index contributed by atoms with van der Waals surface area (Å²) in [5.41, 5.74) is -0.0577. The van der Waals surface area contributed by atoms with Gasteiger partial charge in [-0.25, -0.2) is 0 Å². The number of ketones is 1. The third-order valence-electron chi connectivity index (χ3n) is 2.20. The molecular formula is C10H13NO4S2. The lowest BCUT2D eigenvalue weighted by Crippen LogP contribution is -2.14. The van der Waals surface area contributed by atoms with Gasteiger partial charge >= 0.3 is 0 Å². The van der Waals surface area contributed by atoms with Gasteiger partial charge in [0.15, 0.2) is 5.78 Å². The van der Waals surface area contributed by atoms with Gasteiger partial charge in [-0.3, -0.25) is 14.9 Å². The molecule has 0 fully saturated rings. The van der Waals surface area contributed by atoms with Crippen LogP contribution in [-0.4, -0.2) is 27.2 Å². The Labute approximate surface area is 107 Å². The molecule has 5 nitrogen and oxygen atoms in total. The number of carbonyl (C=O) groups excluding carboxylic acids is 1. The maximum atomic E-state index is 11.2. The summed E-state index contributed by atoms with van der Waals surface area (Å²) in [5, 5.41) is 20.0. The largest absolute Gasteiger partial charge is 0.392 e. The number of carbonyl (C=O) groups is 1. The van der Waals surface area contributed by atoms with E-state index in [1.165, 1.54) is 24.8 Å². The van der Waals surface area contributed by atoms with Crippen LogP contribution in [0.3, 0.4) is 0 Å². The molecule has 2 atom stereocenters. The van der Waals surface area contributed by atoms with Gasteiger partial charge < -0.3 is 5.11 Å².